The van der Waals surface area contributed by atoms with Gasteiger partial charge in [-0.3, -0.25) is 0 Å². The maximum atomic E-state index is 13.2. The quantitative estimate of drug-likeness (QED) is 0.765. The van der Waals surface area contributed by atoms with Gasteiger partial charge < -0.3 is 5.32 Å². The molecule has 112 valence electrons. The van der Waals surface area contributed by atoms with Crippen LogP contribution >= 0.6 is 27.5 Å². The lowest BCUT2D eigenvalue weighted by atomic mass is 9.92. The maximum Gasteiger partial charge on any atom is 0.141 e. The fraction of sp³-hybridized carbons (Fsp3) is 0.294. The molecule has 0 saturated heterocycles. The molecule has 2 aromatic rings. The molecule has 0 amide bonds. The van der Waals surface area contributed by atoms with Gasteiger partial charge in [-0.25, -0.2) is 4.39 Å². The van der Waals surface area contributed by atoms with Crippen molar-refractivity contribution in [2.45, 2.75) is 12.8 Å². The van der Waals surface area contributed by atoms with Crippen molar-refractivity contribution >= 4 is 27.5 Å². The van der Waals surface area contributed by atoms with Crippen LogP contribution in [0.3, 0.4) is 0 Å². The van der Waals surface area contributed by atoms with Crippen molar-refractivity contribution in [1.29, 1.82) is 0 Å². The average Bonchev–Trinajstić information content (AvgIpc) is 2.46. The molecule has 0 radical (unpaired) electrons. The molecule has 2 rings (SSSR count). The molecule has 0 aliphatic heterocycles. The molecule has 0 bridgehead atoms. The minimum atomic E-state index is -0.364. The summed E-state index contributed by atoms with van der Waals surface area (Å²) in [5.74, 6) is 0.0617. The Bertz CT molecular complexity index is 603. The second kappa shape index (κ2) is 7.92. The molecule has 0 aromatic heterocycles. The number of hydrogen-bond donors (Lipinski definition) is 1. The van der Waals surface area contributed by atoms with Gasteiger partial charge in [-0.15, -0.1) is 0 Å². The van der Waals surface area contributed by atoms with Crippen LogP contribution < -0.4 is 5.32 Å². The van der Waals surface area contributed by atoms with Gasteiger partial charge in [-0.05, 0) is 61.7 Å². The van der Waals surface area contributed by atoms with Gasteiger partial charge in [0, 0.05) is 4.47 Å². The van der Waals surface area contributed by atoms with Gasteiger partial charge in [-0.1, -0.05) is 51.8 Å². The molecule has 0 heterocycles. The van der Waals surface area contributed by atoms with Crippen molar-refractivity contribution in [3.05, 3.63) is 68.9 Å². The van der Waals surface area contributed by atoms with Crippen LogP contribution in [-0.4, -0.2) is 13.6 Å². The van der Waals surface area contributed by atoms with Gasteiger partial charge in [0.1, 0.15) is 5.82 Å². The van der Waals surface area contributed by atoms with Crippen LogP contribution in [0.1, 0.15) is 11.1 Å². The molecule has 1 atom stereocenters. The second-order valence-electron chi connectivity index (χ2n) is 5.17. The van der Waals surface area contributed by atoms with Crippen molar-refractivity contribution < 1.29 is 4.39 Å². The molecular weight excluding hydrogens is 353 g/mol. The molecule has 1 N–H and O–H groups in total. The van der Waals surface area contributed by atoms with Crippen LogP contribution in [-0.2, 0) is 12.8 Å². The summed E-state index contributed by atoms with van der Waals surface area (Å²) in [6, 6.07) is 13.2. The summed E-state index contributed by atoms with van der Waals surface area (Å²) in [7, 11) is 1.95. The lowest BCUT2D eigenvalue weighted by Crippen LogP contribution is -2.23. The molecule has 4 heteroatoms. The molecule has 21 heavy (non-hydrogen) atoms. The fourth-order valence-electron chi connectivity index (χ4n) is 2.48. The van der Waals surface area contributed by atoms with Gasteiger partial charge in [0.25, 0.3) is 0 Å². The van der Waals surface area contributed by atoms with Crippen LogP contribution in [0.2, 0.25) is 5.02 Å². The summed E-state index contributed by atoms with van der Waals surface area (Å²) < 4.78 is 14.4. The topological polar surface area (TPSA) is 12.0 Å². The third-order valence-electron chi connectivity index (χ3n) is 3.47. The lowest BCUT2D eigenvalue weighted by molar-refractivity contribution is 0.492. The number of hydrogen-bond acceptors (Lipinski definition) is 1. The Morgan fingerprint density at radius 3 is 2.62 bits per heavy atom. The Balaban J connectivity index is 2.11. The third kappa shape index (κ3) is 4.80. The van der Waals surface area contributed by atoms with Crippen molar-refractivity contribution in [3.8, 4) is 0 Å². The Labute approximate surface area is 138 Å². The Kier molecular flexibility index (Phi) is 6.22. The third-order valence-corrected chi connectivity index (χ3v) is 4.53. The van der Waals surface area contributed by atoms with Gasteiger partial charge in [-0.2, -0.15) is 0 Å². The highest BCUT2D eigenvalue weighted by Crippen LogP contribution is 2.23. The van der Waals surface area contributed by atoms with Crippen molar-refractivity contribution in [2.75, 3.05) is 13.6 Å². The van der Waals surface area contributed by atoms with Crippen LogP contribution in [0.5, 0.6) is 0 Å². The van der Waals surface area contributed by atoms with E-state index in [1.807, 2.05) is 25.2 Å². The lowest BCUT2D eigenvalue weighted by Gasteiger charge is -2.18. The zero-order valence-corrected chi connectivity index (χ0v) is 14.2. The number of nitrogens with one attached hydrogen (secondary N) is 1. The van der Waals surface area contributed by atoms with Gasteiger partial charge in [0.15, 0.2) is 0 Å². The van der Waals surface area contributed by atoms with E-state index in [-0.39, 0.29) is 10.8 Å². The molecular formula is C17H18BrClFN. The predicted octanol–water partition coefficient (Wildman–Crippen LogP) is 4.86. The summed E-state index contributed by atoms with van der Waals surface area (Å²) in [4.78, 5) is 0. The van der Waals surface area contributed by atoms with E-state index in [1.165, 1.54) is 11.6 Å². The minimum absolute atomic E-state index is 0.191. The molecule has 0 spiro atoms. The predicted molar refractivity (Wildman–Crippen MR) is 90.4 cm³/mol. The Morgan fingerprint density at radius 1 is 1.19 bits per heavy atom. The van der Waals surface area contributed by atoms with Crippen LogP contribution in [0, 0.1) is 11.7 Å². The largest absolute Gasteiger partial charge is 0.319 e. The van der Waals surface area contributed by atoms with E-state index in [1.54, 1.807) is 6.07 Å². The highest BCUT2D eigenvalue weighted by atomic mass is 79.9. The molecule has 1 unspecified atom stereocenters. The monoisotopic (exact) mass is 369 g/mol. The highest BCUT2D eigenvalue weighted by molar-refractivity contribution is 9.10. The summed E-state index contributed by atoms with van der Waals surface area (Å²) in [5, 5.41) is 3.42. The SMILES string of the molecule is CNCC(Cc1ccc(F)c(Cl)c1)Cc1ccccc1Br. The van der Waals surface area contributed by atoms with Crippen molar-refractivity contribution in [3.63, 3.8) is 0 Å². The molecule has 1 nitrogen and oxygen atoms in total. The zero-order chi connectivity index (χ0) is 15.2. The van der Waals surface area contributed by atoms with E-state index in [2.05, 4.69) is 33.4 Å². The summed E-state index contributed by atoms with van der Waals surface area (Å²) in [6.45, 7) is 0.899. The highest BCUT2D eigenvalue weighted by Gasteiger charge is 2.13. The summed E-state index contributed by atoms with van der Waals surface area (Å²) in [6.07, 6.45) is 1.82. The molecule has 0 aliphatic carbocycles. The first-order valence-electron chi connectivity index (χ1n) is 6.92. The van der Waals surface area contributed by atoms with Gasteiger partial charge in [0.05, 0.1) is 5.02 Å². The Hall–Kier alpha value is -0.900. The van der Waals surface area contributed by atoms with E-state index in [0.717, 1.165) is 29.4 Å². The minimum Gasteiger partial charge on any atom is -0.319 e. The first kappa shape index (κ1) is 16.5. The molecule has 0 aliphatic rings. The summed E-state index contributed by atoms with van der Waals surface area (Å²) in [5.41, 5.74) is 2.35. The van der Waals surface area contributed by atoms with E-state index in [9.17, 15) is 4.39 Å². The van der Waals surface area contributed by atoms with E-state index in [4.69, 9.17) is 11.6 Å². The standard InChI is InChI=1S/C17H18BrClFN/c1-21-11-13(9-14-4-2-3-5-15(14)18)8-12-6-7-17(20)16(19)10-12/h2-7,10,13,21H,8-9,11H2,1H3. The smallest absolute Gasteiger partial charge is 0.141 e. The van der Waals surface area contributed by atoms with E-state index < -0.39 is 0 Å². The fourth-order valence-corrected chi connectivity index (χ4v) is 3.13. The van der Waals surface area contributed by atoms with Crippen molar-refractivity contribution in [2.24, 2.45) is 5.92 Å². The maximum absolute atomic E-state index is 13.2. The first-order chi connectivity index (χ1) is 10.1. The van der Waals surface area contributed by atoms with Gasteiger partial charge >= 0.3 is 0 Å². The van der Waals surface area contributed by atoms with E-state index in [0.29, 0.717) is 5.92 Å². The molecule has 2 aromatic carbocycles. The van der Waals surface area contributed by atoms with Crippen LogP contribution in [0.15, 0.2) is 46.9 Å². The number of halogens is 3. The van der Waals surface area contributed by atoms with Crippen molar-refractivity contribution in [1.82, 2.24) is 5.32 Å². The number of benzene rings is 2. The second-order valence-corrected chi connectivity index (χ2v) is 6.43. The normalized spacial score (nSPS) is 12.4. The first-order valence-corrected chi connectivity index (χ1v) is 8.09. The summed E-state index contributed by atoms with van der Waals surface area (Å²) >= 11 is 9.45. The molecule has 0 saturated carbocycles. The Morgan fingerprint density at radius 2 is 1.95 bits per heavy atom. The number of rotatable bonds is 6. The van der Waals surface area contributed by atoms with Crippen LogP contribution in [0.4, 0.5) is 4.39 Å². The van der Waals surface area contributed by atoms with E-state index >= 15 is 0 Å². The van der Waals surface area contributed by atoms with Crippen LogP contribution in [0.25, 0.3) is 0 Å². The average molecular weight is 371 g/mol. The zero-order valence-electron chi connectivity index (χ0n) is 11.9. The molecule has 0 fully saturated rings. The van der Waals surface area contributed by atoms with Gasteiger partial charge in [0.2, 0.25) is 0 Å².